The van der Waals surface area contributed by atoms with Crippen LogP contribution in [0.2, 0.25) is 0 Å². The highest BCUT2D eigenvalue weighted by Crippen LogP contribution is 2.21. The van der Waals surface area contributed by atoms with Crippen LogP contribution in [-0.4, -0.2) is 10.9 Å². The van der Waals surface area contributed by atoms with E-state index < -0.39 is 0 Å². The van der Waals surface area contributed by atoms with Crippen LogP contribution in [0.15, 0.2) is 39.6 Å². The lowest BCUT2D eigenvalue weighted by Crippen LogP contribution is -2.19. The molecule has 0 unspecified atom stereocenters. The minimum atomic E-state index is -0.160. The van der Waals surface area contributed by atoms with Crippen molar-refractivity contribution < 1.29 is 4.79 Å². The Kier molecular flexibility index (Phi) is 2.68. The van der Waals surface area contributed by atoms with Gasteiger partial charge < -0.3 is 9.36 Å². The van der Waals surface area contributed by atoms with Crippen molar-refractivity contribution >= 4 is 33.1 Å². The van der Waals surface area contributed by atoms with Gasteiger partial charge in [-0.05, 0) is 18.2 Å². The molecule has 0 saturated heterocycles. The summed E-state index contributed by atoms with van der Waals surface area (Å²) in [5, 5.41) is 0.930. The van der Waals surface area contributed by atoms with E-state index in [1.165, 1.54) is 10.6 Å². The Labute approximate surface area is 94.5 Å². The van der Waals surface area contributed by atoms with Crippen molar-refractivity contribution in [1.82, 2.24) is 4.57 Å². The van der Waals surface area contributed by atoms with Crippen molar-refractivity contribution in [2.24, 2.45) is 0 Å². The maximum absolute atomic E-state index is 11.5. The van der Waals surface area contributed by atoms with Crippen molar-refractivity contribution in [1.29, 1.82) is 0 Å². The maximum Gasteiger partial charge on any atom is 0.251 e. The third-order valence-electron chi connectivity index (χ3n) is 2.24. The van der Waals surface area contributed by atoms with Crippen LogP contribution in [-0.2, 0) is 11.3 Å². The summed E-state index contributed by atoms with van der Waals surface area (Å²) in [4.78, 5) is 22.0. The molecule has 0 bridgehead atoms. The first kappa shape index (κ1) is 10.1. The number of pyridine rings is 1. The number of carbonyl (C=O) groups is 1. The molecular formula is C11H8BrNO2. The molecule has 1 aromatic heterocycles. The van der Waals surface area contributed by atoms with Crippen molar-refractivity contribution in [3.05, 3.63) is 45.2 Å². The number of aromatic nitrogens is 1. The van der Waals surface area contributed by atoms with Crippen LogP contribution in [0.3, 0.4) is 0 Å². The fourth-order valence-corrected chi connectivity index (χ4v) is 2.04. The van der Waals surface area contributed by atoms with Crippen LogP contribution < -0.4 is 5.56 Å². The van der Waals surface area contributed by atoms with Crippen molar-refractivity contribution in [2.45, 2.75) is 6.54 Å². The van der Waals surface area contributed by atoms with Gasteiger partial charge in [-0.15, -0.1) is 0 Å². The van der Waals surface area contributed by atoms with Gasteiger partial charge in [0.1, 0.15) is 6.29 Å². The number of benzene rings is 1. The molecule has 0 atom stereocenters. The van der Waals surface area contributed by atoms with E-state index in [2.05, 4.69) is 15.9 Å². The Morgan fingerprint density at radius 1 is 1.27 bits per heavy atom. The van der Waals surface area contributed by atoms with E-state index in [-0.39, 0.29) is 12.1 Å². The van der Waals surface area contributed by atoms with Crippen LogP contribution in [0.1, 0.15) is 0 Å². The third kappa shape index (κ3) is 1.72. The van der Waals surface area contributed by atoms with E-state index in [9.17, 15) is 9.59 Å². The lowest BCUT2D eigenvalue weighted by Gasteiger charge is -2.07. The predicted octanol–water partition coefficient (Wildman–Crippen LogP) is 1.96. The summed E-state index contributed by atoms with van der Waals surface area (Å²) < 4.78 is 2.37. The molecule has 0 radical (unpaired) electrons. The number of hydrogen-bond donors (Lipinski definition) is 0. The SMILES string of the molecule is O=CCn1c(=O)ccc2c(Br)cccc21. The van der Waals surface area contributed by atoms with Gasteiger partial charge in [0.2, 0.25) is 0 Å². The fraction of sp³-hybridized carbons (Fsp3) is 0.0909. The quantitative estimate of drug-likeness (QED) is 0.779. The Balaban J connectivity index is 2.87. The molecule has 0 fully saturated rings. The summed E-state index contributed by atoms with van der Waals surface area (Å²) in [5.41, 5.74) is 0.608. The molecule has 1 heterocycles. The number of hydrogen-bond acceptors (Lipinski definition) is 2. The van der Waals surface area contributed by atoms with Gasteiger partial charge in [0.15, 0.2) is 0 Å². The van der Waals surface area contributed by atoms with Crippen LogP contribution in [0.5, 0.6) is 0 Å². The first-order chi connectivity index (χ1) is 7.24. The molecule has 0 aliphatic rings. The predicted molar refractivity (Wildman–Crippen MR) is 62.0 cm³/mol. The molecule has 3 nitrogen and oxygen atoms in total. The fourth-order valence-electron chi connectivity index (χ4n) is 1.55. The van der Waals surface area contributed by atoms with E-state index in [1.54, 1.807) is 6.07 Å². The largest absolute Gasteiger partial charge is 0.301 e. The molecular weight excluding hydrogens is 258 g/mol. The average Bonchev–Trinajstić information content (AvgIpc) is 2.23. The number of carbonyl (C=O) groups excluding carboxylic acids is 1. The summed E-state index contributed by atoms with van der Waals surface area (Å²) in [6.45, 7) is 0.0899. The molecule has 4 heteroatoms. The molecule has 0 N–H and O–H groups in total. The zero-order valence-electron chi connectivity index (χ0n) is 7.81. The van der Waals surface area contributed by atoms with Crippen LogP contribution >= 0.6 is 15.9 Å². The zero-order valence-corrected chi connectivity index (χ0v) is 9.40. The standard InChI is InChI=1S/C11H8BrNO2/c12-9-2-1-3-10-8(9)4-5-11(15)13(10)6-7-14/h1-5,7H,6H2. The maximum atomic E-state index is 11.5. The molecule has 0 amide bonds. The van der Waals surface area contributed by atoms with Crippen molar-refractivity contribution in [3.8, 4) is 0 Å². The minimum Gasteiger partial charge on any atom is -0.301 e. The number of nitrogens with zero attached hydrogens (tertiary/aromatic N) is 1. The number of halogens is 1. The molecule has 1 aromatic carbocycles. The first-order valence-electron chi connectivity index (χ1n) is 4.46. The van der Waals surface area contributed by atoms with E-state index in [4.69, 9.17) is 0 Å². The summed E-state index contributed by atoms with van der Waals surface area (Å²) in [7, 11) is 0. The van der Waals surface area contributed by atoms with Crippen LogP contribution in [0.4, 0.5) is 0 Å². The summed E-state index contributed by atoms with van der Waals surface area (Å²) >= 11 is 3.40. The smallest absolute Gasteiger partial charge is 0.251 e. The monoisotopic (exact) mass is 265 g/mol. The van der Waals surface area contributed by atoms with Gasteiger partial charge in [-0.2, -0.15) is 0 Å². The average molecular weight is 266 g/mol. The summed E-state index contributed by atoms with van der Waals surface area (Å²) in [5.74, 6) is 0. The van der Waals surface area contributed by atoms with E-state index in [0.29, 0.717) is 0 Å². The van der Waals surface area contributed by atoms with E-state index in [1.807, 2.05) is 18.2 Å². The lowest BCUT2D eigenvalue weighted by molar-refractivity contribution is -0.108. The van der Waals surface area contributed by atoms with E-state index >= 15 is 0 Å². The molecule has 0 aliphatic carbocycles. The van der Waals surface area contributed by atoms with Crippen molar-refractivity contribution in [2.75, 3.05) is 0 Å². The molecule has 76 valence electrons. The summed E-state index contributed by atoms with van der Waals surface area (Å²) in [6, 6.07) is 8.79. The Hall–Kier alpha value is -1.42. The zero-order chi connectivity index (χ0) is 10.8. The van der Waals surface area contributed by atoms with Gasteiger partial charge in [-0.25, -0.2) is 0 Å². The molecule has 2 rings (SSSR count). The second-order valence-electron chi connectivity index (χ2n) is 3.12. The topological polar surface area (TPSA) is 39.1 Å². The second-order valence-corrected chi connectivity index (χ2v) is 3.98. The molecule has 0 spiro atoms. The number of fused-ring (bicyclic) bond motifs is 1. The second kappa shape index (κ2) is 3.98. The highest BCUT2D eigenvalue weighted by molar-refractivity contribution is 9.10. The molecule has 2 aromatic rings. The normalized spacial score (nSPS) is 10.5. The van der Waals surface area contributed by atoms with Gasteiger partial charge in [0.25, 0.3) is 5.56 Å². The molecule has 15 heavy (non-hydrogen) atoms. The number of rotatable bonds is 2. The highest BCUT2D eigenvalue weighted by atomic mass is 79.9. The van der Waals surface area contributed by atoms with Crippen LogP contribution in [0.25, 0.3) is 10.9 Å². The minimum absolute atomic E-state index is 0.0899. The van der Waals surface area contributed by atoms with Gasteiger partial charge >= 0.3 is 0 Å². The van der Waals surface area contributed by atoms with Gasteiger partial charge in [-0.3, -0.25) is 4.79 Å². The third-order valence-corrected chi connectivity index (χ3v) is 2.93. The molecule has 0 aliphatic heterocycles. The lowest BCUT2D eigenvalue weighted by atomic mass is 10.2. The Morgan fingerprint density at radius 2 is 2.07 bits per heavy atom. The van der Waals surface area contributed by atoms with E-state index in [0.717, 1.165) is 21.7 Å². The van der Waals surface area contributed by atoms with Gasteiger partial charge in [-0.1, -0.05) is 22.0 Å². The van der Waals surface area contributed by atoms with Crippen molar-refractivity contribution in [3.63, 3.8) is 0 Å². The first-order valence-corrected chi connectivity index (χ1v) is 5.25. The van der Waals surface area contributed by atoms with Gasteiger partial charge in [0.05, 0.1) is 12.1 Å². The van der Waals surface area contributed by atoms with Gasteiger partial charge in [0, 0.05) is 15.9 Å². The molecule has 0 saturated carbocycles. The number of aldehydes is 1. The Morgan fingerprint density at radius 3 is 2.80 bits per heavy atom. The Bertz CT molecular complexity index is 574. The highest BCUT2D eigenvalue weighted by Gasteiger charge is 2.03. The van der Waals surface area contributed by atoms with Crippen LogP contribution in [0, 0.1) is 0 Å². The summed E-state index contributed by atoms with van der Waals surface area (Å²) in [6.07, 6.45) is 0.724.